The topological polar surface area (TPSA) is 26.0 Å². The number of rotatable bonds is 2. The second-order valence-corrected chi connectivity index (χ2v) is 6.24. The highest BCUT2D eigenvalue weighted by Gasteiger charge is 2.20. The molecule has 1 atom stereocenters. The van der Waals surface area contributed by atoms with Gasteiger partial charge in [-0.05, 0) is 41.2 Å². The Kier molecular flexibility index (Phi) is 4.37. The molecule has 2 aromatic carbocycles. The van der Waals surface area contributed by atoms with Crippen LogP contribution < -0.4 is 5.73 Å². The van der Waals surface area contributed by atoms with Crippen LogP contribution in [0.2, 0.25) is 0 Å². The predicted molar refractivity (Wildman–Crippen MR) is 86.7 cm³/mol. The van der Waals surface area contributed by atoms with Gasteiger partial charge in [-0.2, -0.15) is 0 Å². The summed E-state index contributed by atoms with van der Waals surface area (Å²) in [6.45, 7) is 0. The van der Waals surface area contributed by atoms with E-state index in [0.717, 1.165) is 0 Å². The number of nitrogens with two attached hydrogens (primary N) is 1. The molecule has 0 bridgehead atoms. The molecular formula is C19H25N. The lowest BCUT2D eigenvalue weighted by Crippen LogP contribution is -2.22. The lowest BCUT2D eigenvalue weighted by Gasteiger charge is -2.26. The first-order valence-corrected chi connectivity index (χ1v) is 8.09. The highest BCUT2D eigenvalue weighted by atomic mass is 14.7. The molecule has 106 valence electrons. The van der Waals surface area contributed by atoms with E-state index in [2.05, 4.69) is 42.5 Å². The van der Waals surface area contributed by atoms with Crippen LogP contribution in [0.3, 0.4) is 0 Å². The van der Waals surface area contributed by atoms with Crippen molar-refractivity contribution in [1.82, 2.24) is 0 Å². The maximum atomic E-state index is 6.58. The Hall–Kier alpha value is -1.34. The summed E-state index contributed by atoms with van der Waals surface area (Å²) in [6.07, 6.45) is 9.50. The van der Waals surface area contributed by atoms with Gasteiger partial charge in [0, 0.05) is 6.04 Å². The molecule has 0 spiro atoms. The zero-order valence-corrected chi connectivity index (χ0v) is 12.2. The molecule has 0 aliphatic heterocycles. The molecule has 1 nitrogen and oxygen atoms in total. The maximum absolute atomic E-state index is 6.58. The maximum Gasteiger partial charge on any atom is 0.0323 e. The van der Waals surface area contributed by atoms with Gasteiger partial charge in [-0.1, -0.05) is 68.5 Å². The molecule has 2 aromatic rings. The van der Waals surface area contributed by atoms with Crippen molar-refractivity contribution in [2.75, 3.05) is 0 Å². The Labute approximate surface area is 122 Å². The molecule has 1 fully saturated rings. The van der Waals surface area contributed by atoms with Crippen LogP contribution in [0.1, 0.15) is 56.6 Å². The molecule has 0 heterocycles. The highest BCUT2D eigenvalue weighted by Crippen LogP contribution is 2.32. The van der Waals surface area contributed by atoms with Crippen LogP contribution in [-0.2, 0) is 0 Å². The predicted octanol–water partition coefficient (Wildman–Crippen LogP) is 5.20. The molecule has 0 radical (unpaired) electrons. The Morgan fingerprint density at radius 2 is 1.45 bits per heavy atom. The first-order chi connectivity index (χ1) is 9.84. The largest absolute Gasteiger partial charge is 0.324 e. The fourth-order valence-electron chi connectivity index (χ4n) is 3.53. The normalized spacial score (nSPS) is 19.4. The molecule has 1 unspecified atom stereocenters. The van der Waals surface area contributed by atoms with Gasteiger partial charge in [-0.25, -0.2) is 0 Å². The average Bonchev–Trinajstić information content (AvgIpc) is 2.46. The molecule has 0 saturated heterocycles. The Balaban J connectivity index is 1.81. The smallest absolute Gasteiger partial charge is 0.0323 e. The zero-order chi connectivity index (χ0) is 13.8. The molecule has 20 heavy (non-hydrogen) atoms. The van der Waals surface area contributed by atoms with Gasteiger partial charge < -0.3 is 5.73 Å². The summed E-state index contributed by atoms with van der Waals surface area (Å²) in [4.78, 5) is 0. The standard InChI is InChI=1S/C19H25N/c20-19(16-9-4-2-1-3-5-10-16)18-13-12-15-8-6-7-11-17(15)14-18/h6-8,11-14,16,19H,1-5,9-10,20H2. The van der Waals surface area contributed by atoms with Gasteiger partial charge in [0.15, 0.2) is 0 Å². The van der Waals surface area contributed by atoms with Crippen molar-refractivity contribution < 1.29 is 0 Å². The van der Waals surface area contributed by atoms with E-state index in [9.17, 15) is 0 Å². The van der Waals surface area contributed by atoms with E-state index in [1.165, 1.54) is 61.3 Å². The Morgan fingerprint density at radius 3 is 2.20 bits per heavy atom. The summed E-state index contributed by atoms with van der Waals surface area (Å²) < 4.78 is 0. The van der Waals surface area contributed by atoms with Crippen molar-refractivity contribution in [3.05, 3.63) is 48.0 Å². The van der Waals surface area contributed by atoms with Gasteiger partial charge in [-0.3, -0.25) is 0 Å². The van der Waals surface area contributed by atoms with E-state index in [1.807, 2.05) is 0 Å². The Morgan fingerprint density at radius 1 is 0.800 bits per heavy atom. The van der Waals surface area contributed by atoms with Crippen LogP contribution in [-0.4, -0.2) is 0 Å². The first kappa shape index (κ1) is 13.6. The third-order valence-electron chi connectivity index (χ3n) is 4.82. The highest BCUT2D eigenvalue weighted by molar-refractivity contribution is 5.83. The number of hydrogen-bond donors (Lipinski definition) is 1. The molecule has 1 aliphatic carbocycles. The summed E-state index contributed by atoms with van der Waals surface area (Å²) >= 11 is 0. The quantitative estimate of drug-likeness (QED) is 0.795. The molecule has 1 aliphatic rings. The van der Waals surface area contributed by atoms with Crippen LogP contribution in [0.15, 0.2) is 42.5 Å². The Bertz CT molecular complexity index is 552. The van der Waals surface area contributed by atoms with Crippen LogP contribution in [0.5, 0.6) is 0 Å². The molecule has 1 heteroatoms. The minimum absolute atomic E-state index is 0.206. The van der Waals surface area contributed by atoms with E-state index < -0.39 is 0 Å². The minimum atomic E-state index is 0.206. The summed E-state index contributed by atoms with van der Waals surface area (Å²) in [5.74, 6) is 0.663. The minimum Gasteiger partial charge on any atom is -0.324 e. The molecular weight excluding hydrogens is 242 g/mol. The van der Waals surface area contributed by atoms with Gasteiger partial charge in [-0.15, -0.1) is 0 Å². The fraction of sp³-hybridized carbons (Fsp3) is 0.474. The van der Waals surface area contributed by atoms with Gasteiger partial charge >= 0.3 is 0 Å². The summed E-state index contributed by atoms with van der Waals surface area (Å²) in [5.41, 5.74) is 7.90. The van der Waals surface area contributed by atoms with Crippen LogP contribution >= 0.6 is 0 Å². The molecule has 1 saturated carbocycles. The summed E-state index contributed by atoms with van der Waals surface area (Å²) in [6, 6.07) is 15.5. The molecule has 0 amide bonds. The summed E-state index contributed by atoms with van der Waals surface area (Å²) in [5, 5.41) is 2.62. The number of benzene rings is 2. The van der Waals surface area contributed by atoms with E-state index in [0.29, 0.717) is 5.92 Å². The molecule has 0 aromatic heterocycles. The summed E-state index contributed by atoms with van der Waals surface area (Å²) in [7, 11) is 0. The van der Waals surface area contributed by atoms with Crippen molar-refractivity contribution in [1.29, 1.82) is 0 Å². The molecule has 3 rings (SSSR count). The third-order valence-corrected chi connectivity index (χ3v) is 4.82. The van der Waals surface area contributed by atoms with E-state index in [4.69, 9.17) is 5.73 Å². The van der Waals surface area contributed by atoms with Crippen LogP contribution in [0.4, 0.5) is 0 Å². The van der Waals surface area contributed by atoms with Crippen LogP contribution in [0.25, 0.3) is 10.8 Å². The van der Waals surface area contributed by atoms with Gasteiger partial charge in [0.25, 0.3) is 0 Å². The lowest BCUT2D eigenvalue weighted by atomic mass is 9.83. The van der Waals surface area contributed by atoms with E-state index in [1.54, 1.807) is 0 Å². The third kappa shape index (κ3) is 3.04. The van der Waals surface area contributed by atoms with Gasteiger partial charge in [0.2, 0.25) is 0 Å². The zero-order valence-electron chi connectivity index (χ0n) is 12.2. The van der Waals surface area contributed by atoms with Gasteiger partial charge in [0.1, 0.15) is 0 Å². The van der Waals surface area contributed by atoms with E-state index in [-0.39, 0.29) is 6.04 Å². The van der Waals surface area contributed by atoms with Crippen molar-refractivity contribution in [3.8, 4) is 0 Å². The van der Waals surface area contributed by atoms with Crippen molar-refractivity contribution >= 4 is 10.8 Å². The SMILES string of the molecule is NC(c1ccc2ccccc2c1)C1CCCCCCC1. The van der Waals surface area contributed by atoms with Crippen molar-refractivity contribution in [2.45, 2.75) is 51.0 Å². The second-order valence-electron chi connectivity index (χ2n) is 6.24. The molecule has 2 N–H and O–H groups in total. The van der Waals surface area contributed by atoms with E-state index >= 15 is 0 Å². The van der Waals surface area contributed by atoms with Gasteiger partial charge in [0.05, 0.1) is 0 Å². The first-order valence-electron chi connectivity index (χ1n) is 8.09. The van der Waals surface area contributed by atoms with Crippen molar-refractivity contribution in [3.63, 3.8) is 0 Å². The van der Waals surface area contributed by atoms with Crippen LogP contribution in [0, 0.1) is 5.92 Å². The number of hydrogen-bond acceptors (Lipinski definition) is 1. The fourth-order valence-corrected chi connectivity index (χ4v) is 3.53. The lowest BCUT2D eigenvalue weighted by molar-refractivity contribution is 0.328. The van der Waals surface area contributed by atoms with Crippen molar-refractivity contribution in [2.24, 2.45) is 11.7 Å². The monoisotopic (exact) mass is 267 g/mol. The number of fused-ring (bicyclic) bond motifs is 1. The second kappa shape index (κ2) is 6.41. The average molecular weight is 267 g/mol.